The van der Waals surface area contributed by atoms with E-state index >= 15 is 0 Å². The van der Waals surface area contributed by atoms with Crippen molar-refractivity contribution in [3.8, 4) is 5.75 Å². The molecule has 0 bridgehead atoms. The zero-order valence-corrected chi connectivity index (χ0v) is 15.9. The highest BCUT2D eigenvalue weighted by Gasteiger charge is 2.42. The molecule has 28 heavy (non-hydrogen) atoms. The van der Waals surface area contributed by atoms with Crippen molar-refractivity contribution in [1.82, 2.24) is 10.6 Å². The predicted molar refractivity (Wildman–Crippen MR) is 101 cm³/mol. The lowest BCUT2D eigenvalue weighted by molar-refractivity contribution is -0.183. The molecule has 1 aliphatic rings. The predicted octanol–water partition coefficient (Wildman–Crippen LogP) is 2.73. The van der Waals surface area contributed by atoms with Crippen LogP contribution in [-0.4, -0.2) is 37.2 Å². The van der Waals surface area contributed by atoms with Crippen LogP contribution < -0.4 is 21.1 Å². The molecular weight excluding hydrogens is 373 g/mol. The van der Waals surface area contributed by atoms with E-state index < -0.39 is 18.0 Å². The van der Waals surface area contributed by atoms with Gasteiger partial charge in [-0.2, -0.15) is 13.2 Å². The summed E-state index contributed by atoms with van der Waals surface area (Å²) in [5, 5.41) is 6.20. The van der Waals surface area contributed by atoms with Gasteiger partial charge in [-0.05, 0) is 43.9 Å². The summed E-state index contributed by atoms with van der Waals surface area (Å²) in [7, 11) is 0. The van der Waals surface area contributed by atoms with E-state index in [9.17, 15) is 18.0 Å². The Morgan fingerprint density at radius 2 is 2.14 bits per heavy atom. The number of nitrogens with two attached hydrogens (primary N) is 1. The molecule has 1 aromatic carbocycles. The SMILES string of the molecule is CCNC(=NCc1cccc(OCC(N)=O)c1)NC1CCCC(C(F)(F)F)C1. The fraction of sp³-hybridized carbons (Fsp3) is 0.579. The Morgan fingerprint density at radius 3 is 2.82 bits per heavy atom. The highest BCUT2D eigenvalue weighted by Crippen LogP contribution is 2.37. The number of primary amides is 1. The minimum Gasteiger partial charge on any atom is -0.484 e. The molecule has 2 unspecified atom stereocenters. The number of amides is 1. The van der Waals surface area contributed by atoms with Gasteiger partial charge in [-0.3, -0.25) is 4.79 Å². The maximum atomic E-state index is 13.0. The fourth-order valence-electron chi connectivity index (χ4n) is 3.19. The van der Waals surface area contributed by atoms with Crippen LogP contribution in [0, 0.1) is 5.92 Å². The van der Waals surface area contributed by atoms with Gasteiger partial charge >= 0.3 is 6.18 Å². The first kappa shape index (κ1) is 21.8. The summed E-state index contributed by atoms with van der Waals surface area (Å²) in [6.07, 6.45) is -2.67. The molecule has 0 aliphatic heterocycles. The van der Waals surface area contributed by atoms with Crippen molar-refractivity contribution in [2.24, 2.45) is 16.6 Å². The molecule has 1 aromatic rings. The molecule has 1 aliphatic carbocycles. The van der Waals surface area contributed by atoms with Crippen LogP contribution in [0.4, 0.5) is 13.2 Å². The third-order valence-corrected chi connectivity index (χ3v) is 4.52. The van der Waals surface area contributed by atoms with Crippen molar-refractivity contribution in [3.05, 3.63) is 29.8 Å². The second-order valence-electron chi connectivity index (χ2n) is 6.84. The smallest absolute Gasteiger partial charge is 0.391 e. The summed E-state index contributed by atoms with van der Waals surface area (Å²) in [6, 6.07) is 6.82. The Kier molecular flexibility index (Phi) is 7.95. The molecule has 0 radical (unpaired) electrons. The monoisotopic (exact) mass is 400 g/mol. The van der Waals surface area contributed by atoms with Crippen LogP contribution in [0.25, 0.3) is 0 Å². The molecule has 0 saturated heterocycles. The van der Waals surface area contributed by atoms with E-state index in [0.717, 1.165) is 5.56 Å². The van der Waals surface area contributed by atoms with E-state index in [1.807, 2.05) is 13.0 Å². The maximum absolute atomic E-state index is 13.0. The second kappa shape index (κ2) is 10.2. The summed E-state index contributed by atoms with van der Waals surface area (Å²) in [4.78, 5) is 15.3. The zero-order valence-electron chi connectivity index (χ0n) is 15.9. The molecule has 1 fully saturated rings. The molecule has 0 aromatic heterocycles. The van der Waals surface area contributed by atoms with Gasteiger partial charge in [0.05, 0.1) is 12.5 Å². The summed E-state index contributed by atoms with van der Waals surface area (Å²) in [5.74, 6) is -0.837. The van der Waals surface area contributed by atoms with Crippen LogP contribution in [0.3, 0.4) is 0 Å². The molecule has 4 N–H and O–H groups in total. The Morgan fingerprint density at radius 1 is 1.36 bits per heavy atom. The number of guanidine groups is 1. The quantitative estimate of drug-likeness (QED) is 0.485. The number of nitrogens with zero attached hydrogens (tertiary/aromatic N) is 1. The van der Waals surface area contributed by atoms with Gasteiger partial charge in [0.1, 0.15) is 5.75 Å². The Bertz CT molecular complexity index is 679. The Hall–Kier alpha value is -2.45. The van der Waals surface area contributed by atoms with Gasteiger partial charge in [0.15, 0.2) is 12.6 Å². The number of hydrogen-bond donors (Lipinski definition) is 3. The summed E-state index contributed by atoms with van der Waals surface area (Å²) < 4.78 is 44.3. The van der Waals surface area contributed by atoms with Gasteiger partial charge in [0.2, 0.25) is 0 Å². The van der Waals surface area contributed by atoms with Gasteiger partial charge in [-0.25, -0.2) is 4.99 Å². The lowest BCUT2D eigenvalue weighted by atomic mass is 9.85. The second-order valence-corrected chi connectivity index (χ2v) is 6.84. The van der Waals surface area contributed by atoms with E-state index in [1.165, 1.54) is 0 Å². The normalized spacial score (nSPS) is 20.5. The van der Waals surface area contributed by atoms with Crippen LogP contribution >= 0.6 is 0 Å². The van der Waals surface area contributed by atoms with Crippen LogP contribution in [0.2, 0.25) is 0 Å². The van der Waals surface area contributed by atoms with Gasteiger partial charge in [-0.15, -0.1) is 0 Å². The van der Waals surface area contributed by atoms with Crippen LogP contribution in [0.5, 0.6) is 5.75 Å². The number of carbonyl (C=O) groups excluding carboxylic acids is 1. The molecule has 2 rings (SSSR count). The lowest BCUT2D eigenvalue weighted by Gasteiger charge is -2.31. The number of halogens is 3. The number of aliphatic imine (C=N–C) groups is 1. The minimum absolute atomic E-state index is 0.0599. The number of hydrogen-bond acceptors (Lipinski definition) is 3. The summed E-state index contributed by atoms with van der Waals surface area (Å²) >= 11 is 0. The van der Waals surface area contributed by atoms with E-state index in [4.69, 9.17) is 10.5 Å². The van der Waals surface area contributed by atoms with Gasteiger partial charge < -0.3 is 21.1 Å². The number of ether oxygens (including phenoxy) is 1. The van der Waals surface area contributed by atoms with Crippen molar-refractivity contribution >= 4 is 11.9 Å². The van der Waals surface area contributed by atoms with Gasteiger partial charge in [0.25, 0.3) is 5.91 Å². The average molecular weight is 400 g/mol. The van der Waals surface area contributed by atoms with Crippen molar-refractivity contribution in [1.29, 1.82) is 0 Å². The topological polar surface area (TPSA) is 88.7 Å². The van der Waals surface area contributed by atoms with Gasteiger partial charge in [0, 0.05) is 12.6 Å². The number of benzene rings is 1. The molecule has 0 heterocycles. The highest BCUT2D eigenvalue weighted by molar-refractivity contribution is 5.80. The van der Waals surface area contributed by atoms with Crippen molar-refractivity contribution < 1.29 is 22.7 Å². The number of rotatable bonds is 7. The first-order valence-corrected chi connectivity index (χ1v) is 9.39. The van der Waals surface area contributed by atoms with E-state index in [0.29, 0.717) is 37.6 Å². The van der Waals surface area contributed by atoms with E-state index in [2.05, 4.69) is 15.6 Å². The summed E-state index contributed by atoms with van der Waals surface area (Å²) in [5.41, 5.74) is 5.91. The van der Waals surface area contributed by atoms with E-state index in [1.54, 1.807) is 18.2 Å². The third kappa shape index (κ3) is 7.28. The minimum atomic E-state index is -4.15. The lowest BCUT2D eigenvalue weighted by Crippen LogP contribution is -2.46. The third-order valence-electron chi connectivity index (χ3n) is 4.52. The van der Waals surface area contributed by atoms with Crippen LogP contribution in [0.15, 0.2) is 29.3 Å². The van der Waals surface area contributed by atoms with Crippen molar-refractivity contribution in [2.45, 2.75) is 51.4 Å². The van der Waals surface area contributed by atoms with Crippen LogP contribution in [0.1, 0.15) is 38.2 Å². The van der Waals surface area contributed by atoms with Crippen molar-refractivity contribution in [3.63, 3.8) is 0 Å². The zero-order chi connectivity index (χ0) is 20.6. The Balaban J connectivity index is 1.98. The summed E-state index contributed by atoms with van der Waals surface area (Å²) in [6.45, 7) is 2.61. The standard InChI is InChI=1S/C19H27F3N4O2/c1-2-24-18(26-15-7-4-6-14(10-15)19(20,21)22)25-11-13-5-3-8-16(9-13)28-12-17(23)27/h3,5,8-9,14-15H,2,4,6-7,10-12H2,1H3,(H2,23,27)(H2,24,25,26). The van der Waals surface area contributed by atoms with Crippen molar-refractivity contribution in [2.75, 3.05) is 13.2 Å². The molecule has 156 valence electrons. The number of nitrogens with one attached hydrogen (secondary N) is 2. The molecule has 1 amide bonds. The highest BCUT2D eigenvalue weighted by atomic mass is 19.4. The molecule has 0 spiro atoms. The van der Waals surface area contributed by atoms with Gasteiger partial charge in [-0.1, -0.05) is 18.6 Å². The van der Waals surface area contributed by atoms with E-state index in [-0.39, 0.29) is 25.5 Å². The molecule has 2 atom stereocenters. The molecule has 9 heteroatoms. The largest absolute Gasteiger partial charge is 0.484 e. The number of alkyl halides is 3. The molecular formula is C19H27F3N4O2. The van der Waals surface area contributed by atoms with Crippen LogP contribution in [-0.2, 0) is 11.3 Å². The molecule has 1 saturated carbocycles. The first-order valence-electron chi connectivity index (χ1n) is 9.39. The maximum Gasteiger partial charge on any atom is 0.391 e. The number of carbonyl (C=O) groups is 1. The first-order chi connectivity index (χ1) is 13.3. The average Bonchev–Trinajstić information content (AvgIpc) is 2.64. The molecule has 6 nitrogen and oxygen atoms in total. The fourth-order valence-corrected chi connectivity index (χ4v) is 3.19. The Labute approximate surface area is 162 Å².